The Balaban J connectivity index is 1.33. The van der Waals surface area contributed by atoms with Crippen LogP contribution >= 0.6 is 11.8 Å². The smallest absolute Gasteiger partial charge is 0.0993 e. The summed E-state index contributed by atoms with van der Waals surface area (Å²) in [6, 6.07) is 41.8. The van der Waals surface area contributed by atoms with Crippen molar-refractivity contribution in [3.05, 3.63) is 144 Å². The highest BCUT2D eigenvalue weighted by atomic mass is 32.2. The van der Waals surface area contributed by atoms with Crippen LogP contribution in [0.3, 0.4) is 0 Å². The van der Waals surface area contributed by atoms with E-state index in [2.05, 4.69) is 103 Å². The number of ether oxygens (including phenoxy) is 3. The van der Waals surface area contributed by atoms with Crippen molar-refractivity contribution < 1.29 is 14.2 Å². The molecule has 0 saturated carbocycles. The van der Waals surface area contributed by atoms with Crippen LogP contribution in [0.2, 0.25) is 0 Å². The summed E-state index contributed by atoms with van der Waals surface area (Å²) in [5.74, 6) is 0. The minimum Gasteiger partial charge on any atom is -0.376 e. The molecule has 4 aromatic carbocycles. The third kappa shape index (κ3) is 7.56. The van der Waals surface area contributed by atoms with E-state index in [0.29, 0.717) is 26.4 Å². The Morgan fingerprint density at radius 3 is 1.35 bits per heavy atom. The lowest BCUT2D eigenvalue weighted by molar-refractivity contribution is -0.0854. The molecule has 0 N–H and O–H groups in total. The van der Waals surface area contributed by atoms with E-state index < -0.39 is 0 Å². The normalized spacial score (nSPS) is 21.2. The maximum atomic E-state index is 6.67. The van der Waals surface area contributed by atoms with Crippen molar-refractivity contribution in [3.8, 4) is 0 Å². The summed E-state index contributed by atoms with van der Waals surface area (Å²) in [4.78, 5) is 0. The average molecular weight is 511 g/mol. The van der Waals surface area contributed by atoms with Gasteiger partial charge in [0, 0.05) is 5.25 Å². The first-order chi connectivity index (χ1) is 18.3. The van der Waals surface area contributed by atoms with Gasteiger partial charge in [-0.25, -0.2) is 0 Å². The van der Waals surface area contributed by atoms with Crippen LogP contribution in [-0.4, -0.2) is 29.3 Å². The molecule has 0 bridgehead atoms. The van der Waals surface area contributed by atoms with E-state index in [4.69, 9.17) is 14.2 Å². The van der Waals surface area contributed by atoms with Gasteiger partial charge in [0.2, 0.25) is 0 Å². The van der Waals surface area contributed by atoms with Gasteiger partial charge in [-0.3, -0.25) is 0 Å². The van der Waals surface area contributed by atoms with E-state index in [0.717, 1.165) is 6.42 Å². The molecule has 190 valence electrons. The Kier molecular flexibility index (Phi) is 9.46. The van der Waals surface area contributed by atoms with Crippen LogP contribution in [0.5, 0.6) is 0 Å². The molecule has 5 rings (SSSR count). The standard InChI is InChI=1S/C33H34O3S/c1-5-13-26(14-6-1)21-30-32(35-23-28-17-9-3-10-18-28)33(36-24-29-19-11-4-12-20-29)31(37-30)25-34-22-27-15-7-2-8-16-27/h1-20,30-33H,21-25H2/t30-,31+,32-,33-/m1/s1. The number of hydrogen-bond donors (Lipinski definition) is 0. The van der Waals surface area contributed by atoms with Crippen molar-refractivity contribution in [3.63, 3.8) is 0 Å². The van der Waals surface area contributed by atoms with Crippen LogP contribution in [0.25, 0.3) is 0 Å². The predicted molar refractivity (Wildman–Crippen MR) is 151 cm³/mol. The van der Waals surface area contributed by atoms with Gasteiger partial charge in [0.25, 0.3) is 0 Å². The molecule has 0 amide bonds. The molecule has 0 aliphatic carbocycles. The lowest BCUT2D eigenvalue weighted by Gasteiger charge is -2.27. The lowest BCUT2D eigenvalue weighted by Crippen LogP contribution is -2.39. The van der Waals surface area contributed by atoms with Gasteiger partial charge in [-0.05, 0) is 28.7 Å². The van der Waals surface area contributed by atoms with E-state index >= 15 is 0 Å². The molecule has 4 aromatic rings. The van der Waals surface area contributed by atoms with E-state index in [1.807, 2.05) is 30.0 Å². The largest absolute Gasteiger partial charge is 0.376 e. The summed E-state index contributed by atoms with van der Waals surface area (Å²) in [6.07, 6.45) is 0.823. The first kappa shape index (κ1) is 25.7. The molecular formula is C33H34O3S. The molecule has 1 aliphatic heterocycles. The summed E-state index contributed by atoms with van der Waals surface area (Å²) >= 11 is 1.95. The summed E-state index contributed by atoms with van der Waals surface area (Å²) in [5, 5.41) is 0.458. The third-order valence-corrected chi connectivity index (χ3v) is 8.19. The first-order valence-corrected chi connectivity index (χ1v) is 13.9. The number of rotatable bonds is 12. The highest BCUT2D eigenvalue weighted by Crippen LogP contribution is 2.41. The molecule has 0 spiro atoms. The maximum absolute atomic E-state index is 6.67. The Hall–Kier alpha value is -2.89. The number of hydrogen-bond acceptors (Lipinski definition) is 4. The van der Waals surface area contributed by atoms with Gasteiger partial charge in [-0.15, -0.1) is 11.8 Å². The average Bonchev–Trinajstić information content (AvgIpc) is 3.28. The molecule has 0 unspecified atom stereocenters. The fraction of sp³-hybridized carbons (Fsp3) is 0.273. The monoisotopic (exact) mass is 510 g/mol. The topological polar surface area (TPSA) is 27.7 Å². The Bertz CT molecular complexity index is 1170. The summed E-state index contributed by atoms with van der Waals surface area (Å²) < 4.78 is 19.6. The van der Waals surface area contributed by atoms with Gasteiger partial charge in [-0.1, -0.05) is 121 Å². The summed E-state index contributed by atoms with van der Waals surface area (Å²) in [7, 11) is 0. The second-order valence-electron chi connectivity index (χ2n) is 9.43. The first-order valence-electron chi connectivity index (χ1n) is 13.0. The highest BCUT2D eigenvalue weighted by Gasteiger charge is 2.45. The lowest BCUT2D eigenvalue weighted by atomic mass is 10.0. The number of benzene rings is 4. The Labute approximate surface area is 224 Å². The van der Waals surface area contributed by atoms with Crippen LogP contribution in [0.4, 0.5) is 0 Å². The zero-order valence-corrected chi connectivity index (χ0v) is 21.8. The molecule has 1 aliphatic rings. The third-order valence-electron chi connectivity index (χ3n) is 6.65. The van der Waals surface area contributed by atoms with Gasteiger partial charge < -0.3 is 14.2 Å². The molecule has 0 aromatic heterocycles. The van der Waals surface area contributed by atoms with Gasteiger partial charge >= 0.3 is 0 Å². The molecule has 4 atom stereocenters. The van der Waals surface area contributed by atoms with Crippen molar-refractivity contribution in [2.45, 2.75) is 48.9 Å². The fourth-order valence-corrected chi connectivity index (χ4v) is 6.44. The van der Waals surface area contributed by atoms with Crippen molar-refractivity contribution in [1.82, 2.24) is 0 Å². The van der Waals surface area contributed by atoms with Crippen molar-refractivity contribution >= 4 is 11.8 Å². The molecular weight excluding hydrogens is 476 g/mol. The minimum atomic E-state index is -0.0709. The summed E-state index contributed by atoms with van der Waals surface area (Å²) in [5.41, 5.74) is 4.85. The van der Waals surface area contributed by atoms with Crippen LogP contribution in [0.1, 0.15) is 22.3 Å². The second-order valence-corrected chi connectivity index (χ2v) is 10.9. The molecule has 1 fully saturated rings. The molecule has 3 nitrogen and oxygen atoms in total. The van der Waals surface area contributed by atoms with Gasteiger partial charge in [0.1, 0.15) is 0 Å². The van der Waals surface area contributed by atoms with E-state index in [1.165, 1.54) is 22.3 Å². The second kappa shape index (κ2) is 13.6. The zero-order chi connectivity index (χ0) is 25.1. The van der Waals surface area contributed by atoms with Crippen LogP contribution in [0.15, 0.2) is 121 Å². The zero-order valence-electron chi connectivity index (χ0n) is 21.0. The highest BCUT2D eigenvalue weighted by molar-refractivity contribution is 8.01. The van der Waals surface area contributed by atoms with Gasteiger partial charge in [0.15, 0.2) is 0 Å². The Morgan fingerprint density at radius 1 is 0.459 bits per heavy atom. The summed E-state index contributed by atoms with van der Waals surface area (Å²) in [6.45, 7) is 2.35. The molecule has 0 radical (unpaired) electrons. The fourth-order valence-electron chi connectivity index (χ4n) is 4.75. The van der Waals surface area contributed by atoms with E-state index in [9.17, 15) is 0 Å². The van der Waals surface area contributed by atoms with Crippen LogP contribution in [-0.2, 0) is 40.5 Å². The van der Waals surface area contributed by atoms with E-state index in [1.54, 1.807) is 0 Å². The van der Waals surface area contributed by atoms with Crippen LogP contribution in [0, 0.1) is 0 Å². The van der Waals surface area contributed by atoms with Gasteiger partial charge in [0.05, 0.1) is 43.9 Å². The maximum Gasteiger partial charge on any atom is 0.0993 e. The Morgan fingerprint density at radius 2 is 0.865 bits per heavy atom. The minimum absolute atomic E-state index is 0.0422. The number of thioether (sulfide) groups is 1. The quantitative estimate of drug-likeness (QED) is 0.203. The predicted octanol–water partition coefficient (Wildman–Crippen LogP) is 7.10. The molecule has 4 heteroatoms. The van der Waals surface area contributed by atoms with Crippen LogP contribution < -0.4 is 0 Å². The van der Waals surface area contributed by atoms with Crippen molar-refractivity contribution in [1.29, 1.82) is 0 Å². The SMILES string of the molecule is c1ccc(COC[C@@H]2S[C@H](Cc3ccccc3)[C@@H](OCc3ccccc3)[C@@H]2OCc2ccccc2)cc1. The molecule has 37 heavy (non-hydrogen) atoms. The van der Waals surface area contributed by atoms with Gasteiger partial charge in [-0.2, -0.15) is 0 Å². The van der Waals surface area contributed by atoms with E-state index in [-0.39, 0.29) is 22.7 Å². The van der Waals surface area contributed by atoms with Crippen molar-refractivity contribution in [2.24, 2.45) is 0 Å². The molecule has 1 heterocycles. The molecule has 1 saturated heterocycles. The van der Waals surface area contributed by atoms with Crippen molar-refractivity contribution in [2.75, 3.05) is 6.61 Å².